The van der Waals surface area contributed by atoms with E-state index in [1.807, 2.05) is 35.8 Å². The summed E-state index contributed by atoms with van der Waals surface area (Å²) in [6.07, 6.45) is 2.93. The molecule has 0 heterocycles. The van der Waals surface area contributed by atoms with Gasteiger partial charge in [0.15, 0.2) is 0 Å². The maximum Gasteiger partial charge on any atom is 0.251 e. The molecule has 1 rings (SSSR count). The fraction of sp³-hybridized carbons (Fsp3) is 0.417. The van der Waals surface area contributed by atoms with Crippen molar-refractivity contribution in [3.05, 3.63) is 27.3 Å². The molecular weight excluding hydrogens is 349 g/mol. The Morgan fingerprint density at radius 2 is 2.29 bits per heavy atom. The summed E-state index contributed by atoms with van der Waals surface area (Å²) < 4.78 is 0.746. The van der Waals surface area contributed by atoms with E-state index in [1.165, 1.54) is 6.07 Å². The summed E-state index contributed by atoms with van der Waals surface area (Å²) in [6, 6.07) is 5.14. The van der Waals surface area contributed by atoms with Crippen LogP contribution in [0.3, 0.4) is 0 Å². The standard InChI is InChI=1S/C12H16INO2S/c1-3-9(7-17-2)14-12(16)8-4-5-10(13)11(15)6-8/h4-6,9,15H,3,7H2,1-2H3,(H,14,16). The van der Waals surface area contributed by atoms with E-state index in [1.54, 1.807) is 23.9 Å². The summed E-state index contributed by atoms with van der Waals surface area (Å²) in [5.74, 6) is 0.923. The summed E-state index contributed by atoms with van der Waals surface area (Å²) in [6.45, 7) is 2.05. The molecule has 17 heavy (non-hydrogen) atoms. The Balaban J connectivity index is 2.72. The highest BCUT2D eigenvalue weighted by atomic mass is 127. The van der Waals surface area contributed by atoms with E-state index in [0.29, 0.717) is 5.56 Å². The third kappa shape index (κ3) is 4.39. The molecule has 0 spiro atoms. The number of thioether (sulfide) groups is 1. The third-order valence-electron chi connectivity index (χ3n) is 2.40. The van der Waals surface area contributed by atoms with E-state index < -0.39 is 0 Å². The second kappa shape index (κ2) is 7.10. The van der Waals surface area contributed by atoms with Crippen LogP contribution in [0.1, 0.15) is 23.7 Å². The van der Waals surface area contributed by atoms with Crippen LogP contribution in [0.15, 0.2) is 18.2 Å². The Bertz CT molecular complexity index is 398. The highest BCUT2D eigenvalue weighted by Crippen LogP contribution is 2.20. The quantitative estimate of drug-likeness (QED) is 0.789. The third-order valence-corrected chi connectivity index (χ3v) is 4.05. The first-order valence-electron chi connectivity index (χ1n) is 5.36. The van der Waals surface area contributed by atoms with Crippen LogP contribution in [0.25, 0.3) is 0 Å². The second-order valence-electron chi connectivity index (χ2n) is 3.70. The molecule has 5 heteroatoms. The van der Waals surface area contributed by atoms with Gasteiger partial charge in [-0.3, -0.25) is 4.79 Å². The van der Waals surface area contributed by atoms with E-state index in [-0.39, 0.29) is 17.7 Å². The number of nitrogens with one attached hydrogen (secondary N) is 1. The number of hydrogen-bond acceptors (Lipinski definition) is 3. The maximum atomic E-state index is 11.9. The van der Waals surface area contributed by atoms with Crippen LogP contribution in [0.2, 0.25) is 0 Å². The van der Waals surface area contributed by atoms with Gasteiger partial charge in [0.25, 0.3) is 5.91 Å². The van der Waals surface area contributed by atoms with E-state index >= 15 is 0 Å². The van der Waals surface area contributed by atoms with Crippen molar-refractivity contribution in [2.45, 2.75) is 19.4 Å². The lowest BCUT2D eigenvalue weighted by molar-refractivity contribution is 0.0939. The molecule has 1 atom stereocenters. The van der Waals surface area contributed by atoms with Crippen molar-refractivity contribution in [2.24, 2.45) is 0 Å². The summed E-state index contributed by atoms with van der Waals surface area (Å²) in [5.41, 5.74) is 0.502. The van der Waals surface area contributed by atoms with Crippen LogP contribution in [-0.4, -0.2) is 29.1 Å². The minimum Gasteiger partial charge on any atom is -0.507 e. The Labute approximate surface area is 120 Å². The zero-order valence-corrected chi connectivity index (χ0v) is 12.8. The molecule has 3 nitrogen and oxygen atoms in total. The monoisotopic (exact) mass is 365 g/mol. The SMILES string of the molecule is CCC(CSC)NC(=O)c1ccc(I)c(O)c1. The van der Waals surface area contributed by atoms with Gasteiger partial charge >= 0.3 is 0 Å². The number of rotatable bonds is 5. The Hall–Kier alpha value is -0.430. The second-order valence-corrected chi connectivity index (χ2v) is 5.77. The number of benzene rings is 1. The molecule has 94 valence electrons. The molecule has 2 N–H and O–H groups in total. The average molecular weight is 365 g/mol. The molecule has 0 fully saturated rings. The van der Waals surface area contributed by atoms with Crippen molar-refractivity contribution in [3.8, 4) is 5.75 Å². The van der Waals surface area contributed by atoms with Gasteiger partial charge in [0, 0.05) is 17.4 Å². The highest BCUT2D eigenvalue weighted by Gasteiger charge is 2.12. The normalized spacial score (nSPS) is 12.2. The first kappa shape index (κ1) is 14.6. The van der Waals surface area contributed by atoms with Crippen LogP contribution in [0, 0.1) is 3.57 Å². The summed E-state index contributed by atoms with van der Waals surface area (Å²) >= 11 is 3.74. The number of aromatic hydroxyl groups is 1. The number of phenols is 1. The van der Waals surface area contributed by atoms with Crippen molar-refractivity contribution in [3.63, 3.8) is 0 Å². The van der Waals surface area contributed by atoms with E-state index in [4.69, 9.17) is 0 Å². The van der Waals surface area contributed by atoms with Crippen LogP contribution in [0.5, 0.6) is 5.75 Å². The lowest BCUT2D eigenvalue weighted by Crippen LogP contribution is -2.36. The van der Waals surface area contributed by atoms with E-state index in [2.05, 4.69) is 5.32 Å². The molecule has 0 aliphatic heterocycles. The summed E-state index contributed by atoms with van der Waals surface area (Å²) in [5, 5.41) is 12.5. The minimum absolute atomic E-state index is 0.127. The van der Waals surface area contributed by atoms with Crippen LogP contribution >= 0.6 is 34.4 Å². The number of carbonyl (C=O) groups excluding carboxylic acids is 1. The van der Waals surface area contributed by atoms with Gasteiger partial charge in [0.2, 0.25) is 0 Å². The zero-order chi connectivity index (χ0) is 12.8. The molecule has 0 bridgehead atoms. The maximum absolute atomic E-state index is 11.9. The van der Waals surface area contributed by atoms with E-state index in [0.717, 1.165) is 15.7 Å². The minimum atomic E-state index is -0.127. The van der Waals surface area contributed by atoms with Crippen molar-refractivity contribution in [2.75, 3.05) is 12.0 Å². The van der Waals surface area contributed by atoms with Gasteiger partial charge in [0.1, 0.15) is 5.75 Å². The van der Waals surface area contributed by atoms with Crippen LogP contribution in [0.4, 0.5) is 0 Å². The first-order valence-corrected chi connectivity index (χ1v) is 7.84. The van der Waals surface area contributed by atoms with Gasteiger partial charge in [-0.1, -0.05) is 6.92 Å². The van der Waals surface area contributed by atoms with Gasteiger partial charge in [-0.05, 0) is 53.5 Å². The summed E-state index contributed by atoms with van der Waals surface area (Å²) in [4.78, 5) is 11.9. The lowest BCUT2D eigenvalue weighted by atomic mass is 10.2. The molecule has 0 saturated carbocycles. The van der Waals surface area contributed by atoms with Gasteiger partial charge in [-0.25, -0.2) is 0 Å². The van der Waals surface area contributed by atoms with Crippen molar-refractivity contribution < 1.29 is 9.90 Å². The van der Waals surface area contributed by atoms with Gasteiger partial charge < -0.3 is 10.4 Å². The molecule has 0 aromatic heterocycles. The van der Waals surface area contributed by atoms with E-state index in [9.17, 15) is 9.90 Å². The number of hydrogen-bond donors (Lipinski definition) is 2. The van der Waals surface area contributed by atoms with Gasteiger partial charge in [-0.2, -0.15) is 11.8 Å². The number of phenolic OH excluding ortho intramolecular Hbond substituents is 1. The molecule has 1 amide bonds. The molecule has 0 aliphatic rings. The highest BCUT2D eigenvalue weighted by molar-refractivity contribution is 14.1. The fourth-order valence-electron chi connectivity index (χ4n) is 1.39. The molecule has 0 saturated heterocycles. The lowest BCUT2D eigenvalue weighted by Gasteiger charge is -2.15. The number of carbonyl (C=O) groups is 1. The van der Waals surface area contributed by atoms with Crippen molar-refractivity contribution >= 4 is 40.3 Å². The predicted molar refractivity (Wildman–Crippen MR) is 80.8 cm³/mol. The number of halogens is 1. The topological polar surface area (TPSA) is 49.3 Å². The van der Waals surface area contributed by atoms with Crippen LogP contribution in [-0.2, 0) is 0 Å². The van der Waals surface area contributed by atoms with Gasteiger partial charge in [0.05, 0.1) is 3.57 Å². The van der Waals surface area contributed by atoms with Gasteiger partial charge in [-0.15, -0.1) is 0 Å². The van der Waals surface area contributed by atoms with Crippen molar-refractivity contribution in [1.82, 2.24) is 5.32 Å². The van der Waals surface area contributed by atoms with Crippen LogP contribution < -0.4 is 5.32 Å². The molecule has 0 aliphatic carbocycles. The predicted octanol–water partition coefficient (Wildman–Crippen LogP) is 2.87. The fourth-order valence-corrected chi connectivity index (χ4v) is 2.44. The Kier molecular flexibility index (Phi) is 6.11. The summed E-state index contributed by atoms with van der Waals surface area (Å²) in [7, 11) is 0. The van der Waals surface area contributed by atoms with Crippen molar-refractivity contribution in [1.29, 1.82) is 0 Å². The molecule has 0 radical (unpaired) electrons. The molecule has 1 unspecified atom stereocenters. The smallest absolute Gasteiger partial charge is 0.251 e. The Morgan fingerprint density at radius 3 is 2.82 bits per heavy atom. The number of amides is 1. The molecular formula is C12H16INO2S. The zero-order valence-electron chi connectivity index (χ0n) is 9.87. The average Bonchev–Trinajstić information content (AvgIpc) is 2.31. The first-order chi connectivity index (χ1) is 8.08. The largest absolute Gasteiger partial charge is 0.507 e. The Morgan fingerprint density at radius 1 is 1.59 bits per heavy atom. The molecule has 1 aromatic carbocycles. The molecule has 1 aromatic rings.